The molecular formula is C13H22ClN4Si. The molecule has 4 nitrogen and oxygen atoms in total. The van der Waals surface area contributed by atoms with Crippen LogP contribution in [0, 0.1) is 0 Å². The Kier molecular flexibility index (Phi) is 4.18. The predicted molar refractivity (Wildman–Crippen MR) is 82.2 cm³/mol. The Balaban J connectivity index is 2.43. The minimum Gasteiger partial charge on any atom is -0.370 e. The number of rotatable bonds is 2. The van der Waals surface area contributed by atoms with E-state index in [9.17, 15) is 0 Å². The van der Waals surface area contributed by atoms with Gasteiger partial charge in [-0.25, -0.2) is 9.97 Å². The van der Waals surface area contributed by atoms with Crippen LogP contribution in [-0.4, -0.2) is 25.5 Å². The molecule has 0 amide bonds. The third-order valence-corrected chi connectivity index (χ3v) is 4.32. The molecule has 2 heterocycles. The van der Waals surface area contributed by atoms with Crippen molar-refractivity contribution in [2.45, 2.75) is 51.7 Å². The number of nitrogens with zero attached hydrogens (tertiary/aromatic N) is 2. The van der Waals surface area contributed by atoms with Crippen LogP contribution in [0.2, 0.25) is 18.2 Å². The fourth-order valence-electron chi connectivity index (χ4n) is 2.19. The second kappa shape index (κ2) is 5.38. The van der Waals surface area contributed by atoms with Crippen LogP contribution in [0.1, 0.15) is 44.6 Å². The van der Waals surface area contributed by atoms with E-state index in [-0.39, 0.29) is 11.5 Å². The first-order chi connectivity index (χ1) is 8.79. The molecule has 1 aromatic heterocycles. The largest absolute Gasteiger partial charge is 0.370 e. The zero-order chi connectivity index (χ0) is 14.2. The molecule has 2 rings (SSSR count). The smallest absolute Gasteiger partial charge is 0.139 e. The molecular weight excluding hydrogens is 276 g/mol. The monoisotopic (exact) mass is 297 g/mol. The fourth-order valence-corrected chi connectivity index (χ4v) is 3.48. The Morgan fingerprint density at radius 2 is 2.00 bits per heavy atom. The molecule has 1 radical (unpaired) electrons. The zero-order valence-corrected chi connectivity index (χ0v) is 14.0. The molecule has 0 fully saturated rings. The molecule has 0 saturated heterocycles. The molecule has 1 unspecified atom stereocenters. The number of hydrogen-bond donors (Lipinski definition) is 2. The Morgan fingerprint density at radius 1 is 1.32 bits per heavy atom. The summed E-state index contributed by atoms with van der Waals surface area (Å²) in [5, 5.41) is 3.94. The highest BCUT2D eigenvalue weighted by Crippen LogP contribution is 2.35. The van der Waals surface area contributed by atoms with Crippen molar-refractivity contribution in [3.8, 4) is 0 Å². The van der Waals surface area contributed by atoms with Gasteiger partial charge in [0.05, 0.1) is 0 Å². The van der Waals surface area contributed by atoms with Crippen molar-refractivity contribution >= 4 is 26.4 Å². The van der Waals surface area contributed by atoms with Crippen molar-refractivity contribution in [3.05, 3.63) is 16.5 Å². The number of fused-ring (bicyclic) bond motifs is 1. The van der Waals surface area contributed by atoms with Crippen molar-refractivity contribution in [3.63, 3.8) is 0 Å². The van der Waals surface area contributed by atoms with E-state index in [1.54, 1.807) is 0 Å². The molecule has 1 aliphatic heterocycles. The summed E-state index contributed by atoms with van der Waals surface area (Å²) in [6.45, 7) is 11.7. The summed E-state index contributed by atoms with van der Waals surface area (Å²) in [5.41, 5.74) is 0.942. The summed E-state index contributed by atoms with van der Waals surface area (Å²) in [6.07, 6.45) is 1.03. The molecule has 1 atom stereocenters. The SMILES string of the molecule is C[Si](C)NC1CCNc2nc(C(C)(C)C)nc(Cl)c21. The summed E-state index contributed by atoms with van der Waals surface area (Å²) >= 11 is 6.41. The number of anilines is 1. The van der Waals surface area contributed by atoms with Gasteiger partial charge in [0, 0.05) is 23.6 Å². The van der Waals surface area contributed by atoms with Crippen molar-refractivity contribution in [2.75, 3.05) is 11.9 Å². The summed E-state index contributed by atoms with van der Waals surface area (Å²) in [4.78, 5) is 12.8. The van der Waals surface area contributed by atoms with E-state index in [0.717, 1.165) is 30.2 Å². The second-order valence-electron chi connectivity index (χ2n) is 6.26. The molecule has 19 heavy (non-hydrogen) atoms. The van der Waals surface area contributed by atoms with Gasteiger partial charge in [0.15, 0.2) is 0 Å². The molecule has 6 heteroatoms. The summed E-state index contributed by atoms with van der Waals surface area (Å²) in [7, 11) is -0.522. The Bertz CT molecular complexity index is 470. The average molecular weight is 298 g/mol. The third-order valence-electron chi connectivity index (χ3n) is 3.11. The van der Waals surface area contributed by atoms with Crippen molar-refractivity contribution in [1.82, 2.24) is 15.0 Å². The Morgan fingerprint density at radius 3 is 2.58 bits per heavy atom. The first kappa shape index (κ1) is 14.7. The quantitative estimate of drug-likeness (QED) is 0.650. The summed E-state index contributed by atoms with van der Waals surface area (Å²) in [5.74, 6) is 1.69. The van der Waals surface area contributed by atoms with Gasteiger partial charge in [0.2, 0.25) is 0 Å². The van der Waals surface area contributed by atoms with Crippen LogP contribution in [0.4, 0.5) is 5.82 Å². The van der Waals surface area contributed by atoms with Gasteiger partial charge >= 0.3 is 0 Å². The Hall–Kier alpha value is -0.653. The van der Waals surface area contributed by atoms with Crippen LogP contribution in [-0.2, 0) is 5.41 Å². The number of aromatic nitrogens is 2. The van der Waals surface area contributed by atoms with Crippen LogP contribution < -0.4 is 10.3 Å². The number of halogens is 1. The van der Waals surface area contributed by atoms with Gasteiger partial charge in [-0.15, -0.1) is 0 Å². The second-order valence-corrected chi connectivity index (χ2v) is 8.91. The first-order valence-electron chi connectivity index (χ1n) is 6.67. The predicted octanol–water partition coefficient (Wildman–Crippen LogP) is 3.12. The molecule has 2 N–H and O–H groups in total. The Labute approximate surface area is 122 Å². The lowest BCUT2D eigenvalue weighted by Gasteiger charge is -2.30. The van der Waals surface area contributed by atoms with E-state index in [0.29, 0.717) is 5.15 Å². The molecule has 105 valence electrons. The molecule has 1 aliphatic rings. The van der Waals surface area contributed by atoms with Gasteiger partial charge in [0.1, 0.15) is 25.8 Å². The van der Waals surface area contributed by atoms with Gasteiger partial charge in [-0.05, 0) is 6.42 Å². The van der Waals surface area contributed by atoms with E-state index in [4.69, 9.17) is 11.6 Å². The van der Waals surface area contributed by atoms with Crippen LogP contribution in [0.3, 0.4) is 0 Å². The molecule has 0 aromatic carbocycles. The van der Waals surface area contributed by atoms with Gasteiger partial charge in [-0.3, -0.25) is 0 Å². The highest BCUT2D eigenvalue weighted by atomic mass is 35.5. The van der Waals surface area contributed by atoms with Gasteiger partial charge in [0.25, 0.3) is 0 Å². The van der Waals surface area contributed by atoms with Crippen molar-refractivity contribution in [2.24, 2.45) is 0 Å². The summed E-state index contributed by atoms with van der Waals surface area (Å²) < 4.78 is 0. The van der Waals surface area contributed by atoms with Crippen LogP contribution >= 0.6 is 11.6 Å². The normalized spacial score (nSPS) is 19.2. The highest BCUT2D eigenvalue weighted by Gasteiger charge is 2.28. The zero-order valence-electron chi connectivity index (χ0n) is 12.3. The maximum atomic E-state index is 6.41. The van der Waals surface area contributed by atoms with Crippen molar-refractivity contribution in [1.29, 1.82) is 0 Å². The van der Waals surface area contributed by atoms with E-state index >= 15 is 0 Å². The molecule has 0 bridgehead atoms. The van der Waals surface area contributed by atoms with Crippen molar-refractivity contribution < 1.29 is 0 Å². The fraction of sp³-hybridized carbons (Fsp3) is 0.692. The first-order valence-corrected chi connectivity index (χ1v) is 9.55. The maximum Gasteiger partial charge on any atom is 0.139 e. The number of nitrogens with one attached hydrogen (secondary N) is 2. The van der Waals surface area contributed by atoms with E-state index in [1.165, 1.54) is 0 Å². The summed E-state index contributed by atoms with van der Waals surface area (Å²) in [6, 6.07) is 0.279. The molecule has 0 spiro atoms. The lowest BCUT2D eigenvalue weighted by molar-refractivity contribution is 0.534. The van der Waals surface area contributed by atoms with Crippen LogP contribution in [0.5, 0.6) is 0 Å². The lowest BCUT2D eigenvalue weighted by atomic mass is 9.95. The minimum absolute atomic E-state index is 0.0921. The van der Waals surface area contributed by atoms with Crippen LogP contribution in [0.15, 0.2) is 0 Å². The lowest BCUT2D eigenvalue weighted by Crippen LogP contribution is -2.36. The standard InChI is InChI=1S/C13H22ClN4Si/c1-13(2,3)12-16-10(14)9-8(18-19(4)5)6-7-15-11(9)17-12/h8,18H,6-7H2,1-5H3,(H,15,16,17). The third kappa shape index (κ3) is 3.27. The minimum atomic E-state index is -0.522. The van der Waals surface area contributed by atoms with Gasteiger partial charge in [-0.2, -0.15) is 0 Å². The van der Waals surface area contributed by atoms with E-state index in [1.807, 2.05) is 0 Å². The van der Waals surface area contributed by atoms with E-state index < -0.39 is 8.96 Å². The average Bonchev–Trinajstić information content (AvgIpc) is 2.26. The molecule has 0 aliphatic carbocycles. The van der Waals surface area contributed by atoms with Gasteiger partial charge < -0.3 is 10.3 Å². The topological polar surface area (TPSA) is 49.8 Å². The highest BCUT2D eigenvalue weighted by molar-refractivity contribution is 6.52. The maximum absolute atomic E-state index is 6.41. The number of hydrogen-bond acceptors (Lipinski definition) is 4. The molecule has 0 saturated carbocycles. The van der Waals surface area contributed by atoms with E-state index in [2.05, 4.69) is 54.1 Å². The van der Waals surface area contributed by atoms with Gasteiger partial charge in [-0.1, -0.05) is 45.5 Å². The van der Waals surface area contributed by atoms with Crippen LogP contribution in [0.25, 0.3) is 0 Å². The molecule has 1 aromatic rings.